The van der Waals surface area contributed by atoms with Crippen molar-refractivity contribution in [1.29, 1.82) is 0 Å². The summed E-state index contributed by atoms with van der Waals surface area (Å²) >= 11 is 1.74. The predicted octanol–water partition coefficient (Wildman–Crippen LogP) is 3.97. The molecule has 1 N–H and O–H groups in total. The molecular weight excluding hydrogens is 266 g/mol. The number of aryl methyl sites for hydroxylation is 1. The van der Waals surface area contributed by atoms with E-state index in [1.54, 1.807) is 11.3 Å². The summed E-state index contributed by atoms with van der Waals surface area (Å²) < 4.78 is 0. The molecule has 20 heavy (non-hydrogen) atoms. The molecule has 2 aromatic rings. The highest BCUT2D eigenvalue weighted by molar-refractivity contribution is 7.11. The second-order valence-corrected chi connectivity index (χ2v) is 5.99. The van der Waals surface area contributed by atoms with Gasteiger partial charge in [0.05, 0.1) is 6.04 Å². The first-order chi connectivity index (χ1) is 9.85. The Kier molecular flexibility index (Phi) is 6.15. The summed E-state index contributed by atoms with van der Waals surface area (Å²) in [7, 11) is 0. The molecule has 0 spiro atoms. The maximum Gasteiger partial charge on any atom is 0.139 e. The van der Waals surface area contributed by atoms with Crippen LogP contribution in [0.3, 0.4) is 0 Å². The molecule has 0 bridgehead atoms. The van der Waals surface area contributed by atoms with Crippen LogP contribution in [0, 0.1) is 0 Å². The maximum absolute atomic E-state index is 4.40. The lowest BCUT2D eigenvalue weighted by molar-refractivity contribution is 0.620. The van der Waals surface area contributed by atoms with Crippen molar-refractivity contribution in [1.82, 2.24) is 15.5 Å². The van der Waals surface area contributed by atoms with E-state index in [0.717, 1.165) is 23.0 Å². The Morgan fingerprint density at radius 3 is 2.60 bits per heavy atom. The number of hydrogen-bond acceptors (Lipinski definition) is 4. The molecule has 1 aromatic carbocycles. The average molecular weight is 289 g/mol. The second kappa shape index (κ2) is 8.12. The van der Waals surface area contributed by atoms with E-state index in [2.05, 4.69) is 53.6 Å². The number of unbranched alkanes of at least 4 members (excludes halogenated alkanes) is 2. The summed E-state index contributed by atoms with van der Waals surface area (Å²) in [6, 6.07) is 10.6. The molecule has 0 saturated heterocycles. The first kappa shape index (κ1) is 15.1. The van der Waals surface area contributed by atoms with E-state index >= 15 is 0 Å². The fraction of sp³-hybridized carbons (Fsp3) is 0.500. The lowest BCUT2D eigenvalue weighted by atomic mass is 10.1. The molecule has 3 nitrogen and oxygen atoms in total. The molecule has 2 rings (SSSR count). The van der Waals surface area contributed by atoms with Crippen LogP contribution in [0.25, 0.3) is 0 Å². The van der Waals surface area contributed by atoms with Crippen LogP contribution in [0.1, 0.15) is 54.7 Å². The van der Waals surface area contributed by atoms with Crippen molar-refractivity contribution in [3.63, 3.8) is 0 Å². The standard InChI is InChI=1S/C16H23N3S/c1-3-5-7-12-14-18-19-16(20-14)15(17-4-2)13-10-8-6-9-11-13/h6,8-11,15,17H,3-5,7,12H2,1-2H3. The molecule has 0 saturated carbocycles. The number of rotatable bonds is 8. The van der Waals surface area contributed by atoms with E-state index in [4.69, 9.17) is 0 Å². The van der Waals surface area contributed by atoms with Gasteiger partial charge in [0.2, 0.25) is 0 Å². The van der Waals surface area contributed by atoms with Gasteiger partial charge >= 0.3 is 0 Å². The minimum Gasteiger partial charge on any atom is -0.304 e. The highest BCUT2D eigenvalue weighted by atomic mass is 32.1. The van der Waals surface area contributed by atoms with Crippen LogP contribution < -0.4 is 5.32 Å². The zero-order valence-corrected chi connectivity index (χ0v) is 13.1. The molecule has 1 atom stereocenters. The Bertz CT molecular complexity index is 495. The molecule has 0 aliphatic heterocycles. The molecule has 1 aromatic heterocycles. The molecule has 1 unspecified atom stereocenters. The number of nitrogens with one attached hydrogen (secondary N) is 1. The molecule has 0 aliphatic rings. The number of aromatic nitrogens is 2. The molecule has 4 heteroatoms. The summed E-state index contributed by atoms with van der Waals surface area (Å²) in [5.41, 5.74) is 1.26. The monoisotopic (exact) mass is 289 g/mol. The van der Waals surface area contributed by atoms with Gasteiger partial charge in [0.1, 0.15) is 10.0 Å². The SMILES string of the molecule is CCCCCc1nnc(C(NCC)c2ccccc2)s1. The van der Waals surface area contributed by atoms with Gasteiger partial charge in [-0.25, -0.2) is 0 Å². The largest absolute Gasteiger partial charge is 0.304 e. The predicted molar refractivity (Wildman–Crippen MR) is 85.1 cm³/mol. The summed E-state index contributed by atoms with van der Waals surface area (Å²) in [5.74, 6) is 0. The van der Waals surface area contributed by atoms with Crippen molar-refractivity contribution >= 4 is 11.3 Å². The maximum atomic E-state index is 4.40. The van der Waals surface area contributed by atoms with Crippen LogP contribution in [-0.2, 0) is 6.42 Å². The van der Waals surface area contributed by atoms with Crippen LogP contribution >= 0.6 is 11.3 Å². The number of hydrogen-bond donors (Lipinski definition) is 1. The van der Waals surface area contributed by atoms with Crippen LogP contribution in [-0.4, -0.2) is 16.7 Å². The molecule has 0 radical (unpaired) electrons. The van der Waals surface area contributed by atoms with Gasteiger partial charge in [-0.05, 0) is 18.5 Å². The highest BCUT2D eigenvalue weighted by Crippen LogP contribution is 2.25. The minimum atomic E-state index is 0.165. The zero-order valence-electron chi connectivity index (χ0n) is 12.3. The number of nitrogens with zero attached hydrogens (tertiary/aromatic N) is 2. The van der Waals surface area contributed by atoms with Crippen LogP contribution in [0.2, 0.25) is 0 Å². The van der Waals surface area contributed by atoms with Crippen molar-refractivity contribution < 1.29 is 0 Å². The first-order valence-electron chi connectivity index (χ1n) is 7.45. The normalized spacial score (nSPS) is 12.5. The highest BCUT2D eigenvalue weighted by Gasteiger charge is 2.17. The topological polar surface area (TPSA) is 37.8 Å². The molecule has 1 heterocycles. The second-order valence-electron chi connectivity index (χ2n) is 4.89. The van der Waals surface area contributed by atoms with E-state index in [1.165, 1.54) is 24.8 Å². The molecule has 0 aliphatic carbocycles. The number of benzene rings is 1. The van der Waals surface area contributed by atoms with Crippen molar-refractivity contribution in [2.75, 3.05) is 6.54 Å². The van der Waals surface area contributed by atoms with Gasteiger partial charge in [-0.15, -0.1) is 10.2 Å². The van der Waals surface area contributed by atoms with E-state index in [9.17, 15) is 0 Å². The summed E-state index contributed by atoms with van der Waals surface area (Å²) in [5, 5.41) is 14.5. The molecular formula is C16H23N3S. The quantitative estimate of drug-likeness (QED) is 0.747. The third-order valence-electron chi connectivity index (χ3n) is 3.26. The average Bonchev–Trinajstić information content (AvgIpc) is 2.94. The lowest BCUT2D eigenvalue weighted by Crippen LogP contribution is -2.21. The first-order valence-corrected chi connectivity index (χ1v) is 8.27. The minimum absolute atomic E-state index is 0.165. The summed E-state index contributed by atoms with van der Waals surface area (Å²) in [4.78, 5) is 0. The fourth-order valence-electron chi connectivity index (χ4n) is 2.21. The summed E-state index contributed by atoms with van der Waals surface area (Å²) in [6.45, 7) is 5.27. The van der Waals surface area contributed by atoms with Crippen LogP contribution in [0.15, 0.2) is 30.3 Å². The fourth-order valence-corrected chi connectivity index (χ4v) is 3.20. The van der Waals surface area contributed by atoms with Gasteiger partial charge in [-0.2, -0.15) is 0 Å². The van der Waals surface area contributed by atoms with Crippen molar-refractivity contribution in [3.8, 4) is 0 Å². The Labute approximate surface area is 125 Å². The molecule has 0 fully saturated rings. The third kappa shape index (κ3) is 4.12. The Morgan fingerprint density at radius 2 is 1.90 bits per heavy atom. The Balaban J connectivity index is 2.10. The summed E-state index contributed by atoms with van der Waals surface area (Å²) in [6.07, 6.45) is 4.78. The van der Waals surface area contributed by atoms with Gasteiger partial charge < -0.3 is 5.32 Å². The van der Waals surface area contributed by atoms with E-state index in [1.807, 2.05) is 6.07 Å². The molecule has 0 amide bonds. The van der Waals surface area contributed by atoms with Crippen molar-refractivity contribution in [2.24, 2.45) is 0 Å². The van der Waals surface area contributed by atoms with Crippen LogP contribution in [0.4, 0.5) is 0 Å². The lowest BCUT2D eigenvalue weighted by Gasteiger charge is -2.14. The van der Waals surface area contributed by atoms with Gasteiger partial charge in [0.25, 0.3) is 0 Å². The van der Waals surface area contributed by atoms with Gasteiger partial charge in [0.15, 0.2) is 0 Å². The van der Waals surface area contributed by atoms with Crippen LogP contribution in [0.5, 0.6) is 0 Å². The van der Waals surface area contributed by atoms with E-state index in [0.29, 0.717) is 0 Å². The van der Waals surface area contributed by atoms with Crippen molar-refractivity contribution in [2.45, 2.75) is 45.6 Å². The van der Waals surface area contributed by atoms with E-state index in [-0.39, 0.29) is 6.04 Å². The van der Waals surface area contributed by atoms with E-state index < -0.39 is 0 Å². The third-order valence-corrected chi connectivity index (χ3v) is 4.31. The zero-order chi connectivity index (χ0) is 14.2. The van der Waals surface area contributed by atoms with Gasteiger partial charge in [-0.3, -0.25) is 0 Å². The Morgan fingerprint density at radius 1 is 1.10 bits per heavy atom. The van der Waals surface area contributed by atoms with Gasteiger partial charge in [-0.1, -0.05) is 68.4 Å². The Hall–Kier alpha value is -1.26. The van der Waals surface area contributed by atoms with Gasteiger partial charge in [0, 0.05) is 6.42 Å². The molecule has 108 valence electrons. The van der Waals surface area contributed by atoms with Crippen molar-refractivity contribution in [3.05, 3.63) is 45.9 Å². The smallest absolute Gasteiger partial charge is 0.139 e.